The van der Waals surface area contributed by atoms with E-state index in [1.54, 1.807) is 13.2 Å². The molecular formula is C21H19ClN2O4S2. The lowest BCUT2D eigenvalue weighted by atomic mass is 10.2. The van der Waals surface area contributed by atoms with Gasteiger partial charge in [0.05, 0.1) is 17.7 Å². The van der Waals surface area contributed by atoms with Gasteiger partial charge in [0.2, 0.25) is 5.91 Å². The number of rotatable bonds is 7. The lowest BCUT2D eigenvalue weighted by Crippen LogP contribution is -2.29. The standard InChI is InChI=1S/C21H19ClN2O4S2/c1-28-15-5-2-4-13(10-15)11-18-20(27)24(21(29)30-18)9-3-6-19(26)23-16-12-14(22)7-8-17(16)25/h2,4-5,7-8,10-12,25H,3,6,9H2,1H3,(H,23,26). The molecule has 1 fully saturated rings. The molecule has 9 heteroatoms. The van der Waals surface area contributed by atoms with E-state index in [0.29, 0.717) is 33.0 Å². The molecule has 1 aliphatic rings. The third-order valence-corrected chi connectivity index (χ3v) is 5.90. The van der Waals surface area contributed by atoms with E-state index >= 15 is 0 Å². The molecule has 2 aromatic carbocycles. The molecule has 0 aliphatic carbocycles. The van der Waals surface area contributed by atoms with Crippen molar-refractivity contribution in [2.45, 2.75) is 12.8 Å². The molecule has 1 aliphatic heterocycles. The van der Waals surface area contributed by atoms with E-state index < -0.39 is 0 Å². The molecule has 2 N–H and O–H groups in total. The van der Waals surface area contributed by atoms with Crippen molar-refractivity contribution < 1.29 is 19.4 Å². The predicted octanol–water partition coefficient (Wildman–Crippen LogP) is 4.67. The molecule has 2 amide bonds. The van der Waals surface area contributed by atoms with Crippen molar-refractivity contribution in [3.63, 3.8) is 0 Å². The van der Waals surface area contributed by atoms with Gasteiger partial charge >= 0.3 is 0 Å². The maximum atomic E-state index is 12.7. The smallest absolute Gasteiger partial charge is 0.266 e. The van der Waals surface area contributed by atoms with Crippen molar-refractivity contribution in [3.8, 4) is 11.5 Å². The number of benzene rings is 2. The van der Waals surface area contributed by atoms with Gasteiger partial charge in [0.25, 0.3) is 5.91 Å². The van der Waals surface area contributed by atoms with Crippen LogP contribution in [0.1, 0.15) is 18.4 Å². The summed E-state index contributed by atoms with van der Waals surface area (Å²) in [5, 5.41) is 12.8. The zero-order valence-electron chi connectivity index (χ0n) is 16.1. The topological polar surface area (TPSA) is 78.9 Å². The number of anilines is 1. The Hall–Kier alpha value is -2.55. The van der Waals surface area contributed by atoms with E-state index in [1.807, 2.05) is 24.3 Å². The number of nitrogens with one attached hydrogen (secondary N) is 1. The van der Waals surface area contributed by atoms with Gasteiger partial charge in [-0.15, -0.1) is 0 Å². The summed E-state index contributed by atoms with van der Waals surface area (Å²) in [6.07, 6.45) is 2.36. The lowest BCUT2D eigenvalue weighted by molar-refractivity contribution is -0.122. The maximum Gasteiger partial charge on any atom is 0.266 e. The summed E-state index contributed by atoms with van der Waals surface area (Å²) in [6, 6.07) is 11.8. The summed E-state index contributed by atoms with van der Waals surface area (Å²) in [5.74, 6) is 0.175. The van der Waals surface area contributed by atoms with Crippen molar-refractivity contribution in [3.05, 3.63) is 58.0 Å². The maximum absolute atomic E-state index is 12.7. The summed E-state index contributed by atoms with van der Waals surface area (Å²) in [7, 11) is 1.59. The fourth-order valence-corrected chi connectivity index (χ4v) is 4.27. The van der Waals surface area contributed by atoms with Crippen molar-refractivity contribution in [2.75, 3.05) is 19.0 Å². The monoisotopic (exact) mass is 462 g/mol. The predicted molar refractivity (Wildman–Crippen MR) is 124 cm³/mol. The fourth-order valence-electron chi connectivity index (χ4n) is 2.79. The van der Waals surface area contributed by atoms with Gasteiger partial charge in [-0.05, 0) is 48.4 Å². The molecular weight excluding hydrogens is 444 g/mol. The molecule has 3 rings (SSSR count). The van der Waals surface area contributed by atoms with Crippen LogP contribution in [0, 0.1) is 0 Å². The number of carbonyl (C=O) groups is 2. The Labute approximate surface area is 188 Å². The number of phenolic OH excluding ortho intramolecular Hbond substituents is 1. The van der Waals surface area contributed by atoms with E-state index in [4.69, 9.17) is 28.6 Å². The van der Waals surface area contributed by atoms with Gasteiger partial charge in [-0.3, -0.25) is 14.5 Å². The Balaban J connectivity index is 1.56. The van der Waals surface area contributed by atoms with Crippen LogP contribution in [0.25, 0.3) is 6.08 Å². The molecule has 0 spiro atoms. The average molecular weight is 463 g/mol. The van der Waals surface area contributed by atoms with Crippen LogP contribution >= 0.6 is 35.6 Å². The number of aromatic hydroxyl groups is 1. The number of methoxy groups -OCH3 is 1. The minimum absolute atomic E-state index is 0.0626. The van der Waals surface area contributed by atoms with Crippen molar-refractivity contribution in [2.24, 2.45) is 0 Å². The van der Waals surface area contributed by atoms with E-state index in [0.717, 1.165) is 5.56 Å². The van der Waals surface area contributed by atoms with Crippen LogP contribution in [0.5, 0.6) is 11.5 Å². The molecule has 1 heterocycles. The number of thioether (sulfide) groups is 1. The number of amides is 2. The molecule has 0 atom stereocenters. The van der Waals surface area contributed by atoms with Crippen LogP contribution in [0.4, 0.5) is 5.69 Å². The van der Waals surface area contributed by atoms with Crippen LogP contribution in [0.3, 0.4) is 0 Å². The van der Waals surface area contributed by atoms with Gasteiger partial charge < -0.3 is 15.2 Å². The Morgan fingerprint density at radius 2 is 2.13 bits per heavy atom. The number of thiocarbonyl (C=S) groups is 1. The third kappa shape index (κ3) is 5.53. The highest BCUT2D eigenvalue weighted by atomic mass is 35.5. The van der Waals surface area contributed by atoms with Crippen LogP contribution in [0.15, 0.2) is 47.4 Å². The normalized spacial score (nSPS) is 15.0. The number of hydrogen-bond acceptors (Lipinski definition) is 6. The molecule has 1 saturated heterocycles. The highest BCUT2D eigenvalue weighted by molar-refractivity contribution is 8.26. The first-order valence-corrected chi connectivity index (χ1v) is 10.7. The first-order chi connectivity index (χ1) is 14.4. The SMILES string of the molecule is COc1cccc(C=C2SC(=S)N(CCCC(=O)Nc3cc(Cl)ccc3O)C2=O)c1. The minimum atomic E-state index is -0.287. The fraction of sp³-hybridized carbons (Fsp3) is 0.190. The second-order valence-electron chi connectivity index (χ2n) is 6.42. The molecule has 0 unspecified atom stereocenters. The molecule has 2 aromatic rings. The van der Waals surface area contributed by atoms with Gasteiger partial charge in [0.1, 0.15) is 15.8 Å². The summed E-state index contributed by atoms with van der Waals surface area (Å²) >= 11 is 12.4. The largest absolute Gasteiger partial charge is 0.506 e. The van der Waals surface area contributed by atoms with Crippen LogP contribution in [0.2, 0.25) is 5.02 Å². The highest BCUT2D eigenvalue weighted by Gasteiger charge is 2.31. The van der Waals surface area contributed by atoms with E-state index in [2.05, 4.69) is 5.32 Å². The van der Waals surface area contributed by atoms with Gasteiger partial charge in [-0.2, -0.15) is 0 Å². The third-order valence-electron chi connectivity index (χ3n) is 4.28. The first kappa shape index (κ1) is 22.1. The zero-order chi connectivity index (χ0) is 21.7. The second kappa shape index (κ2) is 9.97. The van der Waals surface area contributed by atoms with E-state index in [1.165, 1.54) is 34.9 Å². The van der Waals surface area contributed by atoms with Gasteiger partial charge in [-0.1, -0.05) is 47.7 Å². The highest BCUT2D eigenvalue weighted by Crippen LogP contribution is 2.33. The van der Waals surface area contributed by atoms with Crippen molar-refractivity contribution >= 4 is 63.5 Å². The van der Waals surface area contributed by atoms with Crippen molar-refractivity contribution in [1.29, 1.82) is 0 Å². The van der Waals surface area contributed by atoms with Crippen LogP contribution in [-0.4, -0.2) is 39.8 Å². The Kier molecular flexibility index (Phi) is 7.36. The number of phenols is 1. The molecule has 0 radical (unpaired) electrons. The van der Waals surface area contributed by atoms with E-state index in [9.17, 15) is 14.7 Å². The first-order valence-electron chi connectivity index (χ1n) is 9.05. The molecule has 0 aromatic heterocycles. The minimum Gasteiger partial charge on any atom is -0.506 e. The quantitative estimate of drug-likeness (QED) is 0.353. The van der Waals surface area contributed by atoms with Gasteiger partial charge in [-0.25, -0.2) is 0 Å². The number of ether oxygens (including phenoxy) is 1. The van der Waals surface area contributed by atoms with Crippen LogP contribution < -0.4 is 10.1 Å². The zero-order valence-corrected chi connectivity index (χ0v) is 18.4. The molecule has 6 nitrogen and oxygen atoms in total. The average Bonchev–Trinajstić information content (AvgIpc) is 2.98. The number of halogens is 1. The van der Waals surface area contributed by atoms with Crippen LogP contribution in [-0.2, 0) is 9.59 Å². The summed E-state index contributed by atoms with van der Waals surface area (Å²) < 4.78 is 5.66. The number of nitrogens with zero attached hydrogens (tertiary/aromatic N) is 1. The second-order valence-corrected chi connectivity index (χ2v) is 8.54. The van der Waals surface area contributed by atoms with E-state index in [-0.39, 0.29) is 29.7 Å². The molecule has 30 heavy (non-hydrogen) atoms. The molecule has 156 valence electrons. The number of hydrogen-bond donors (Lipinski definition) is 2. The Morgan fingerprint density at radius 3 is 2.90 bits per heavy atom. The lowest BCUT2D eigenvalue weighted by Gasteiger charge is -2.14. The Bertz CT molecular complexity index is 1030. The summed E-state index contributed by atoms with van der Waals surface area (Å²) in [6.45, 7) is 0.328. The summed E-state index contributed by atoms with van der Waals surface area (Å²) in [4.78, 5) is 26.9. The molecule has 0 bridgehead atoms. The summed E-state index contributed by atoms with van der Waals surface area (Å²) in [5.41, 5.74) is 1.09. The van der Waals surface area contributed by atoms with Crippen molar-refractivity contribution in [1.82, 2.24) is 4.90 Å². The number of carbonyl (C=O) groups excluding carboxylic acids is 2. The van der Waals surface area contributed by atoms with Gasteiger partial charge in [0.15, 0.2) is 0 Å². The Morgan fingerprint density at radius 1 is 1.33 bits per heavy atom. The van der Waals surface area contributed by atoms with Gasteiger partial charge in [0, 0.05) is 18.0 Å². The molecule has 0 saturated carbocycles.